The predicted octanol–water partition coefficient (Wildman–Crippen LogP) is 5.09. The largest absolute Gasteiger partial charge is 0.317 e. The van der Waals surface area contributed by atoms with Crippen LogP contribution in [-0.2, 0) is 9.59 Å². The van der Waals surface area contributed by atoms with E-state index in [4.69, 9.17) is 0 Å². The Kier molecular flexibility index (Phi) is 4.30. The summed E-state index contributed by atoms with van der Waals surface area (Å²) in [5.41, 5.74) is 3.45. The van der Waals surface area contributed by atoms with E-state index in [2.05, 4.69) is 27.7 Å². The lowest BCUT2D eigenvalue weighted by Gasteiger charge is -2.46. The minimum absolute atomic E-state index is 0.000154. The molecule has 29 heavy (non-hydrogen) atoms. The Balaban J connectivity index is 1.93. The highest BCUT2D eigenvalue weighted by molar-refractivity contribution is 6.05. The first-order valence-electron chi connectivity index (χ1n) is 10.0. The van der Waals surface area contributed by atoms with E-state index in [-0.39, 0.29) is 28.1 Å². The molecule has 0 amide bonds. The van der Waals surface area contributed by atoms with Crippen molar-refractivity contribution in [3.05, 3.63) is 56.9 Å². The molecule has 0 bridgehead atoms. The van der Waals surface area contributed by atoms with Gasteiger partial charge in [-0.25, -0.2) is 0 Å². The highest BCUT2D eigenvalue weighted by Gasteiger charge is 2.44. The lowest BCUT2D eigenvalue weighted by molar-refractivity contribution is -0.384. The molecule has 0 aromatic heterocycles. The van der Waals surface area contributed by atoms with Gasteiger partial charge in [0.25, 0.3) is 5.69 Å². The molecule has 6 heteroatoms. The number of rotatable bonds is 2. The highest BCUT2D eigenvalue weighted by Crippen LogP contribution is 2.51. The number of nitro groups is 1. The predicted molar refractivity (Wildman–Crippen MR) is 110 cm³/mol. The number of non-ortho nitro benzene ring substituents is 1. The Morgan fingerprint density at radius 1 is 0.897 bits per heavy atom. The zero-order valence-electron chi connectivity index (χ0n) is 17.4. The van der Waals surface area contributed by atoms with Crippen LogP contribution in [0.4, 0.5) is 11.4 Å². The van der Waals surface area contributed by atoms with Gasteiger partial charge in [-0.1, -0.05) is 33.8 Å². The van der Waals surface area contributed by atoms with Crippen LogP contribution in [0.25, 0.3) is 0 Å². The average molecular weight is 394 g/mol. The van der Waals surface area contributed by atoms with E-state index < -0.39 is 4.92 Å². The molecule has 1 aliphatic heterocycles. The normalized spacial score (nSPS) is 23.1. The molecule has 0 radical (unpaired) electrons. The molecule has 3 aliphatic rings. The zero-order chi connectivity index (χ0) is 21.1. The molecule has 0 unspecified atom stereocenters. The number of benzene rings is 1. The fourth-order valence-electron chi connectivity index (χ4n) is 4.88. The van der Waals surface area contributed by atoms with Gasteiger partial charge in [-0.15, -0.1) is 0 Å². The third-order valence-corrected chi connectivity index (χ3v) is 6.13. The van der Waals surface area contributed by atoms with Crippen molar-refractivity contribution in [1.29, 1.82) is 0 Å². The van der Waals surface area contributed by atoms with E-state index in [1.807, 2.05) is 11.0 Å². The Labute approximate surface area is 170 Å². The summed E-state index contributed by atoms with van der Waals surface area (Å²) in [6, 6.07) is 6.49. The second-order valence-electron chi connectivity index (χ2n) is 10.0. The van der Waals surface area contributed by atoms with Gasteiger partial charge in [0, 0.05) is 53.9 Å². The topological polar surface area (TPSA) is 80.5 Å². The number of nitro benzene ring substituents is 1. The molecule has 0 saturated heterocycles. The highest BCUT2D eigenvalue weighted by atomic mass is 16.6. The maximum Gasteiger partial charge on any atom is 0.271 e. The summed E-state index contributed by atoms with van der Waals surface area (Å²) in [4.78, 5) is 38.9. The minimum atomic E-state index is -0.413. The van der Waals surface area contributed by atoms with Crippen LogP contribution in [0.5, 0.6) is 0 Å². The van der Waals surface area contributed by atoms with E-state index in [1.54, 1.807) is 12.1 Å². The van der Waals surface area contributed by atoms with E-state index >= 15 is 0 Å². The Morgan fingerprint density at radius 3 is 1.90 bits per heavy atom. The van der Waals surface area contributed by atoms with Crippen LogP contribution in [0.3, 0.4) is 0 Å². The van der Waals surface area contributed by atoms with E-state index in [9.17, 15) is 19.7 Å². The number of hydrogen-bond acceptors (Lipinski definition) is 5. The maximum absolute atomic E-state index is 13.0. The average Bonchev–Trinajstić information content (AvgIpc) is 2.58. The summed E-state index contributed by atoms with van der Waals surface area (Å²) < 4.78 is 0. The van der Waals surface area contributed by atoms with Crippen molar-refractivity contribution < 1.29 is 14.5 Å². The molecular formula is C23H26N2O4. The van der Waals surface area contributed by atoms with Gasteiger partial charge in [0.05, 0.1) is 10.6 Å². The van der Waals surface area contributed by atoms with Gasteiger partial charge in [0.1, 0.15) is 0 Å². The van der Waals surface area contributed by atoms with E-state index in [1.165, 1.54) is 6.07 Å². The van der Waals surface area contributed by atoms with E-state index in [0.29, 0.717) is 48.9 Å². The number of anilines is 1. The minimum Gasteiger partial charge on any atom is -0.317 e. The zero-order valence-corrected chi connectivity index (χ0v) is 17.4. The molecule has 152 valence electrons. The molecule has 2 aliphatic carbocycles. The first kappa shape index (κ1) is 19.6. The monoisotopic (exact) mass is 394 g/mol. The van der Waals surface area contributed by atoms with Crippen molar-refractivity contribution >= 4 is 22.9 Å². The number of hydrogen-bond donors (Lipinski definition) is 0. The number of nitrogens with zero attached hydrogens (tertiary/aromatic N) is 2. The van der Waals surface area contributed by atoms with Crippen molar-refractivity contribution in [3.8, 4) is 0 Å². The van der Waals surface area contributed by atoms with Crippen molar-refractivity contribution in [1.82, 2.24) is 0 Å². The SMILES string of the molecule is CC1(C)CC(=O)C2=C(C1)N(c1cccc([N+](=O)[O-])c1)C1=C(C2)C(=O)CC(C)(C)C1. The summed E-state index contributed by atoms with van der Waals surface area (Å²) >= 11 is 0. The van der Waals surface area contributed by atoms with Crippen molar-refractivity contribution in [2.75, 3.05) is 4.90 Å². The number of ketones is 2. The molecular weight excluding hydrogens is 368 g/mol. The summed E-state index contributed by atoms with van der Waals surface area (Å²) in [7, 11) is 0. The third-order valence-electron chi connectivity index (χ3n) is 6.13. The van der Waals surface area contributed by atoms with Gasteiger partial charge >= 0.3 is 0 Å². The molecule has 0 spiro atoms. The molecule has 1 heterocycles. The van der Waals surface area contributed by atoms with Crippen molar-refractivity contribution in [3.63, 3.8) is 0 Å². The van der Waals surface area contributed by atoms with Gasteiger partial charge in [0.2, 0.25) is 0 Å². The Bertz CT molecular complexity index is 961. The molecule has 0 fully saturated rings. The van der Waals surface area contributed by atoms with E-state index in [0.717, 1.165) is 11.4 Å². The summed E-state index contributed by atoms with van der Waals surface area (Å²) in [6.45, 7) is 8.28. The lowest BCUT2D eigenvalue weighted by atomic mass is 9.68. The summed E-state index contributed by atoms with van der Waals surface area (Å²) in [6.07, 6.45) is 2.69. The standard InChI is InChI=1S/C23H26N2O4/c1-22(2)10-18-16(20(26)12-22)9-17-19(11-23(3,4)13-21(17)27)24(18)14-6-5-7-15(8-14)25(28)29/h5-8H,9-13H2,1-4H3. The van der Waals surface area contributed by atoms with Crippen LogP contribution in [0.15, 0.2) is 46.8 Å². The number of Topliss-reactive ketones (excluding diaryl/α,β-unsaturated/α-hetero) is 2. The van der Waals surface area contributed by atoms with Gasteiger partial charge in [-0.05, 0) is 29.7 Å². The van der Waals surface area contributed by atoms with Crippen molar-refractivity contribution in [2.24, 2.45) is 10.8 Å². The third kappa shape index (κ3) is 3.41. The lowest BCUT2D eigenvalue weighted by Crippen LogP contribution is -2.41. The van der Waals surface area contributed by atoms with Crippen LogP contribution >= 0.6 is 0 Å². The first-order valence-corrected chi connectivity index (χ1v) is 10.0. The molecule has 1 aromatic carbocycles. The van der Waals surface area contributed by atoms with Crippen LogP contribution in [0.1, 0.15) is 59.8 Å². The molecule has 0 N–H and O–H groups in total. The van der Waals surface area contributed by atoms with Gasteiger partial charge in [-0.3, -0.25) is 19.7 Å². The first-order chi connectivity index (χ1) is 13.5. The molecule has 6 nitrogen and oxygen atoms in total. The smallest absolute Gasteiger partial charge is 0.271 e. The van der Waals surface area contributed by atoms with Crippen molar-refractivity contribution in [2.45, 2.75) is 59.8 Å². The van der Waals surface area contributed by atoms with Crippen LogP contribution in [0, 0.1) is 20.9 Å². The Morgan fingerprint density at radius 2 is 1.41 bits per heavy atom. The van der Waals surface area contributed by atoms with Gasteiger partial charge < -0.3 is 4.90 Å². The number of carbonyl (C=O) groups excluding carboxylic acids is 2. The Hall–Kier alpha value is -2.76. The second-order valence-corrected chi connectivity index (χ2v) is 10.0. The van der Waals surface area contributed by atoms with Crippen LogP contribution < -0.4 is 4.90 Å². The van der Waals surface area contributed by atoms with Crippen LogP contribution in [-0.4, -0.2) is 16.5 Å². The number of allylic oxidation sites excluding steroid dienone is 4. The molecule has 0 atom stereocenters. The molecule has 1 aromatic rings. The summed E-state index contributed by atoms with van der Waals surface area (Å²) in [5, 5.41) is 11.4. The fraction of sp³-hybridized carbons (Fsp3) is 0.478. The number of carbonyl (C=O) groups is 2. The van der Waals surface area contributed by atoms with Gasteiger partial charge in [-0.2, -0.15) is 0 Å². The quantitative estimate of drug-likeness (QED) is 0.515. The fourth-order valence-corrected chi connectivity index (χ4v) is 4.88. The van der Waals surface area contributed by atoms with Crippen LogP contribution in [0.2, 0.25) is 0 Å². The molecule has 0 saturated carbocycles. The maximum atomic E-state index is 13.0. The summed E-state index contributed by atoms with van der Waals surface area (Å²) in [5.74, 6) is 0.159. The second kappa shape index (κ2) is 6.37. The molecule has 4 rings (SSSR count). The van der Waals surface area contributed by atoms with Gasteiger partial charge in [0.15, 0.2) is 11.6 Å².